The van der Waals surface area contributed by atoms with E-state index in [2.05, 4.69) is 32.5 Å². The number of nitrogens with one attached hydrogen (secondary N) is 3. The first kappa shape index (κ1) is 19.8. The molecule has 2 aromatic heterocycles. The minimum absolute atomic E-state index is 0.0364. The highest BCUT2D eigenvalue weighted by atomic mass is 35.5. The summed E-state index contributed by atoms with van der Waals surface area (Å²) in [5, 5.41) is 8.64. The fraction of sp³-hybridized carbons (Fsp3) is 0.350. The van der Waals surface area contributed by atoms with Crippen LogP contribution in [0.5, 0.6) is 0 Å². The highest BCUT2D eigenvalue weighted by molar-refractivity contribution is 6.35. The smallest absolute Gasteiger partial charge is 0.241 e. The van der Waals surface area contributed by atoms with E-state index in [1.165, 1.54) is 6.33 Å². The first-order valence-electron chi connectivity index (χ1n) is 9.52. The molecular formula is C20H22Cl2N6O. The molecule has 3 N–H and O–H groups in total. The molecule has 0 bridgehead atoms. The van der Waals surface area contributed by atoms with E-state index in [9.17, 15) is 4.79 Å². The summed E-state index contributed by atoms with van der Waals surface area (Å²) >= 11 is 12.0. The van der Waals surface area contributed by atoms with Crippen LogP contribution < -0.4 is 10.6 Å². The number of fused-ring (bicyclic) bond motifs is 1. The van der Waals surface area contributed by atoms with Gasteiger partial charge in [0.1, 0.15) is 17.8 Å². The lowest BCUT2D eigenvalue weighted by Gasteiger charge is -2.38. The van der Waals surface area contributed by atoms with Crippen LogP contribution in [0.25, 0.3) is 11.0 Å². The maximum Gasteiger partial charge on any atom is 0.241 e. The lowest BCUT2D eigenvalue weighted by atomic mass is 9.93. The first-order valence-corrected chi connectivity index (χ1v) is 10.3. The van der Waals surface area contributed by atoms with Crippen molar-refractivity contribution in [3.05, 3.63) is 46.8 Å². The van der Waals surface area contributed by atoms with Crippen LogP contribution in [0.2, 0.25) is 10.0 Å². The van der Waals surface area contributed by atoms with E-state index in [-0.39, 0.29) is 18.5 Å². The molecule has 3 heterocycles. The molecule has 4 rings (SSSR count). The van der Waals surface area contributed by atoms with E-state index in [1.54, 1.807) is 18.2 Å². The van der Waals surface area contributed by atoms with Crippen LogP contribution in [0.3, 0.4) is 0 Å². The molecule has 0 saturated carbocycles. The molecule has 1 saturated heterocycles. The van der Waals surface area contributed by atoms with Gasteiger partial charge in [-0.2, -0.15) is 0 Å². The van der Waals surface area contributed by atoms with Gasteiger partial charge in [-0.15, -0.1) is 0 Å². The molecule has 7 nitrogen and oxygen atoms in total. The van der Waals surface area contributed by atoms with Crippen molar-refractivity contribution in [2.75, 3.05) is 30.3 Å². The van der Waals surface area contributed by atoms with Crippen molar-refractivity contribution in [3.8, 4) is 0 Å². The van der Waals surface area contributed by atoms with Crippen LogP contribution in [0, 0.1) is 5.92 Å². The summed E-state index contributed by atoms with van der Waals surface area (Å²) in [7, 11) is 0. The number of H-pyrrole nitrogens is 1. The number of carbonyl (C=O) groups is 1. The van der Waals surface area contributed by atoms with E-state index in [0.29, 0.717) is 22.5 Å². The summed E-state index contributed by atoms with van der Waals surface area (Å²) in [4.78, 5) is 26.3. The Kier molecular flexibility index (Phi) is 5.78. The predicted molar refractivity (Wildman–Crippen MR) is 117 cm³/mol. The molecule has 3 aromatic rings. The Morgan fingerprint density at radius 3 is 2.86 bits per heavy atom. The van der Waals surface area contributed by atoms with Crippen LogP contribution in [0.4, 0.5) is 11.5 Å². The first-order chi connectivity index (χ1) is 14.0. The van der Waals surface area contributed by atoms with E-state index >= 15 is 0 Å². The Balaban J connectivity index is 1.40. The number of benzene rings is 1. The van der Waals surface area contributed by atoms with Gasteiger partial charge in [-0.25, -0.2) is 9.97 Å². The van der Waals surface area contributed by atoms with Crippen molar-refractivity contribution < 1.29 is 4.79 Å². The van der Waals surface area contributed by atoms with Gasteiger partial charge in [0.2, 0.25) is 5.91 Å². The number of amides is 1. The molecule has 1 aliphatic heterocycles. The maximum absolute atomic E-state index is 12.8. The van der Waals surface area contributed by atoms with Crippen molar-refractivity contribution in [3.63, 3.8) is 0 Å². The third kappa shape index (κ3) is 4.57. The normalized spacial score (nSPS) is 19.3. The topological polar surface area (TPSA) is 85.9 Å². The summed E-state index contributed by atoms with van der Waals surface area (Å²) in [6.07, 6.45) is 4.31. The van der Waals surface area contributed by atoms with Gasteiger partial charge in [0.15, 0.2) is 0 Å². The largest absolute Gasteiger partial charge is 0.376 e. The van der Waals surface area contributed by atoms with E-state index < -0.39 is 0 Å². The van der Waals surface area contributed by atoms with Crippen LogP contribution in [-0.2, 0) is 4.79 Å². The molecule has 152 valence electrons. The molecule has 0 radical (unpaired) electrons. The number of likely N-dealkylation sites (tertiary alicyclic amines) is 1. The van der Waals surface area contributed by atoms with Crippen LogP contribution >= 0.6 is 23.2 Å². The van der Waals surface area contributed by atoms with E-state index in [4.69, 9.17) is 23.2 Å². The number of aromatic amines is 1. The number of nitrogens with zero attached hydrogens (tertiary/aromatic N) is 3. The average molecular weight is 433 g/mol. The number of carbonyl (C=O) groups excluding carboxylic acids is 1. The average Bonchev–Trinajstić information content (AvgIpc) is 3.17. The highest BCUT2D eigenvalue weighted by Gasteiger charge is 2.29. The molecular weight excluding hydrogens is 411 g/mol. The molecule has 2 atom stereocenters. The van der Waals surface area contributed by atoms with Gasteiger partial charge in [0.25, 0.3) is 0 Å². The van der Waals surface area contributed by atoms with Gasteiger partial charge in [0, 0.05) is 41.1 Å². The van der Waals surface area contributed by atoms with Crippen molar-refractivity contribution in [1.82, 2.24) is 19.9 Å². The van der Waals surface area contributed by atoms with Gasteiger partial charge >= 0.3 is 0 Å². The summed E-state index contributed by atoms with van der Waals surface area (Å²) in [6, 6.07) is 7.23. The van der Waals surface area contributed by atoms with Crippen LogP contribution in [-0.4, -0.2) is 51.4 Å². The number of hydrogen-bond acceptors (Lipinski definition) is 5. The SMILES string of the molecule is CC1CCN(C(=O)CNc2cc(Cl)cc(Cl)c2)CC1Nc1ncnc2[nH]ccc12. The zero-order chi connectivity index (χ0) is 20.4. The number of anilines is 2. The molecule has 0 spiro atoms. The number of hydrogen-bond donors (Lipinski definition) is 3. The number of aromatic nitrogens is 3. The second-order valence-corrected chi connectivity index (χ2v) is 8.20. The second kappa shape index (κ2) is 8.47. The highest BCUT2D eigenvalue weighted by Crippen LogP contribution is 2.25. The molecule has 0 aliphatic carbocycles. The summed E-state index contributed by atoms with van der Waals surface area (Å²) < 4.78 is 0. The number of rotatable bonds is 5. The Morgan fingerprint density at radius 1 is 1.28 bits per heavy atom. The standard InChI is InChI=1S/C20H22Cl2N6O/c1-12-3-5-28(18(29)9-24-15-7-13(21)6-14(22)8-15)10-17(12)27-20-16-2-4-23-19(16)25-11-26-20/h2,4,6-8,11-12,17,24H,3,5,9-10H2,1H3,(H2,23,25,26,27). The lowest BCUT2D eigenvalue weighted by Crippen LogP contribution is -2.50. The van der Waals surface area contributed by atoms with E-state index in [1.807, 2.05) is 17.2 Å². The van der Waals surface area contributed by atoms with Gasteiger partial charge in [-0.1, -0.05) is 30.1 Å². The van der Waals surface area contributed by atoms with Gasteiger partial charge in [0.05, 0.1) is 11.9 Å². The van der Waals surface area contributed by atoms with Crippen molar-refractivity contribution in [2.45, 2.75) is 19.4 Å². The quantitative estimate of drug-likeness (QED) is 0.566. The Labute approximate surface area is 178 Å². The predicted octanol–water partition coefficient (Wildman–Crippen LogP) is 4.03. The molecule has 2 unspecified atom stereocenters. The van der Waals surface area contributed by atoms with E-state index in [0.717, 1.165) is 35.5 Å². The molecule has 9 heteroatoms. The van der Waals surface area contributed by atoms with Crippen LogP contribution in [0.15, 0.2) is 36.8 Å². The zero-order valence-corrected chi connectivity index (χ0v) is 17.5. The van der Waals surface area contributed by atoms with Gasteiger partial charge in [-0.05, 0) is 36.6 Å². The number of piperidine rings is 1. The molecule has 29 heavy (non-hydrogen) atoms. The van der Waals surface area contributed by atoms with Crippen molar-refractivity contribution in [2.24, 2.45) is 5.92 Å². The Morgan fingerprint density at radius 2 is 2.07 bits per heavy atom. The second-order valence-electron chi connectivity index (χ2n) is 7.33. The molecule has 1 fully saturated rings. The minimum atomic E-state index is 0.0364. The summed E-state index contributed by atoms with van der Waals surface area (Å²) in [5.74, 6) is 1.24. The monoisotopic (exact) mass is 432 g/mol. The van der Waals surface area contributed by atoms with Crippen molar-refractivity contribution in [1.29, 1.82) is 0 Å². The van der Waals surface area contributed by atoms with Gasteiger partial charge < -0.3 is 20.5 Å². The maximum atomic E-state index is 12.8. The zero-order valence-electron chi connectivity index (χ0n) is 16.0. The molecule has 1 aliphatic rings. The lowest BCUT2D eigenvalue weighted by molar-refractivity contribution is -0.130. The fourth-order valence-corrected chi connectivity index (χ4v) is 4.12. The van der Waals surface area contributed by atoms with Gasteiger partial charge in [-0.3, -0.25) is 4.79 Å². The Hall–Kier alpha value is -2.51. The van der Waals surface area contributed by atoms with Crippen molar-refractivity contribution >= 4 is 51.6 Å². The summed E-state index contributed by atoms with van der Waals surface area (Å²) in [5.41, 5.74) is 1.52. The fourth-order valence-electron chi connectivity index (χ4n) is 3.59. The minimum Gasteiger partial charge on any atom is -0.376 e. The van der Waals surface area contributed by atoms with Crippen LogP contribution in [0.1, 0.15) is 13.3 Å². The third-order valence-corrected chi connectivity index (χ3v) is 5.73. The number of halogens is 2. The third-order valence-electron chi connectivity index (χ3n) is 5.29. The summed E-state index contributed by atoms with van der Waals surface area (Å²) in [6.45, 7) is 3.74. The molecule has 1 amide bonds. The Bertz CT molecular complexity index is 1000. The molecule has 1 aromatic carbocycles.